The van der Waals surface area contributed by atoms with E-state index in [9.17, 15) is 14.0 Å². The Hall–Kier alpha value is -1.91. The number of Topliss-reactive ketones (excluding diaryl/α,β-unsaturated/α-hetero) is 1. The van der Waals surface area contributed by atoms with Crippen LogP contribution in [0.1, 0.15) is 43.0 Å². The number of nitrogens with zero attached hydrogens (tertiary/aromatic N) is 1. The third-order valence-corrected chi connectivity index (χ3v) is 4.00. The summed E-state index contributed by atoms with van der Waals surface area (Å²) in [6, 6.07) is 4.73. The molecule has 21 heavy (non-hydrogen) atoms. The molecule has 1 amide bonds. The van der Waals surface area contributed by atoms with E-state index in [4.69, 9.17) is 5.73 Å². The van der Waals surface area contributed by atoms with E-state index in [0.717, 1.165) is 32.4 Å². The molecule has 1 aliphatic heterocycles. The minimum atomic E-state index is -0.473. The molecular formula is C16H21FN2O2. The number of ketones is 1. The highest BCUT2D eigenvalue weighted by molar-refractivity contribution is 6.00. The van der Waals surface area contributed by atoms with Crippen LogP contribution in [-0.4, -0.2) is 24.8 Å². The van der Waals surface area contributed by atoms with E-state index in [1.165, 1.54) is 13.0 Å². The molecule has 4 nitrogen and oxygen atoms in total. The number of carbonyl (C=O) groups is 2. The largest absolute Gasteiger partial charge is 0.371 e. The fourth-order valence-corrected chi connectivity index (χ4v) is 2.99. The molecule has 0 aromatic heterocycles. The summed E-state index contributed by atoms with van der Waals surface area (Å²) in [7, 11) is 0. The predicted molar refractivity (Wildman–Crippen MR) is 79.8 cm³/mol. The normalized spacial score (nSPS) is 18.6. The van der Waals surface area contributed by atoms with Crippen molar-refractivity contribution < 1.29 is 14.0 Å². The number of primary amides is 1. The van der Waals surface area contributed by atoms with E-state index in [0.29, 0.717) is 18.0 Å². The lowest BCUT2D eigenvalue weighted by molar-refractivity contribution is -0.118. The Labute approximate surface area is 124 Å². The van der Waals surface area contributed by atoms with Gasteiger partial charge in [0.05, 0.1) is 11.3 Å². The average Bonchev–Trinajstić information content (AvgIpc) is 2.44. The Morgan fingerprint density at radius 1 is 1.43 bits per heavy atom. The lowest BCUT2D eigenvalue weighted by Gasteiger charge is -2.35. The van der Waals surface area contributed by atoms with Crippen molar-refractivity contribution in [2.75, 3.05) is 18.0 Å². The Kier molecular flexibility index (Phi) is 4.94. The summed E-state index contributed by atoms with van der Waals surface area (Å²) in [5, 5.41) is 0. The second-order valence-corrected chi connectivity index (χ2v) is 5.65. The van der Waals surface area contributed by atoms with Crippen LogP contribution in [0.2, 0.25) is 0 Å². The Morgan fingerprint density at radius 2 is 2.19 bits per heavy atom. The van der Waals surface area contributed by atoms with Gasteiger partial charge in [-0.2, -0.15) is 0 Å². The standard InChI is InChI=1S/C16H21FN2O2/c1-11(20)16-13(17)5-2-6-14(16)19-9-3-4-12(10-19)7-8-15(18)21/h2,5-6,12H,3-4,7-10H2,1H3,(H2,18,21). The van der Waals surface area contributed by atoms with Crippen molar-refractivity contribution in [3.05, 3.63) is 29.6 Å². The van der Waals surface area contributed by atoms with E-state index in [1.54, 1.807) is 12.1 Å². The van der Waals surface area contributed by atoms with Crippen molar-refractivity contribution in [2.24, 2.45) is 11.7 Å². The Bertz CT molecular complexity index is 545. The number of benzene rings is 1. The predicted octanol–water partition coefficient (Wildman–Crippen LogP) is 2.51. The third kappa shape index (κ3) is 3.80. The number of amides is 1. The van der Waals surface area contributed by atoms with E-state index in [1.807, 2.05) is 0 Å². The monoisotopic (exact) mass is 292 g/mol. The van der Waals surface area contributed by atoms with Crippen LogP contribution in [0.15, 0.2) is 18.2 Å². The first-order valence-corrected chi connectivity index (χ1v) is 7.31. The van der Waals surface area contributed by atoms with Crippen LogP contribution >= 0.6 is 0 Å². The highest BCUT2D eigenvalue weighted by Gasteiger charge is 2.24. The molecule has 1 aromatic carbocycles. The maximum Gasteiger partial charge on any atom is 0.217 e. The fraction of sp³-hybridized carbons (Fsp3) is 0.500. The first-order valence-electron chi connectivity index (χ1n) is 7.31. The quantitative estimate of drug-likeness (QED) is 0.848. The second kappa shape index (κ2) is 6.70. The zero-order valence-electron chi connectivity index (χ0n) is 12.3. The molecule has 1 aromatic rings. The Balaban J connectivity index is 2.16. The lowest BCUT2D eigenvalue weighted by Crippen LogP contribution is -2.36. The molecule has 0 bridgehead atoms. The maximum atomic E-state index is 13.9. The Morgan fingerprint density at radius 3 is 2.86 bits per heavy atom. The molecule has 1 atom stereocenters. The molecule has 1 heterocycles. The highest BCUT2D eigenvalue weighted by atomic mass is 19.1. The minimum Gasteiger partial charge on any atom is -0.371 e. The van der Waals surface area contributed by atoms with Gasteiger partial charge in [-0.25, -0.2) is 4.39 Å². The first-order chi connectivity index (χ1) is 9.99. The maximum absolute atomic E-state index is 13.9. The molecule has 2 rings (SSSR count). The number of carbonyl (C=O) groups excluding carboxylic acids is 2. The van der Waals surface area contributed by atoms with Crippen molar-refractivity contribution in [2.45, 2.75) is 32.6 Å². The van der Waals surface area contributed by atoms with Gasteiger partial charge in [-0.1, -0.05) is 6.07 Å². The van der Waals surface area contributed by atoms with Crippen LogP contribution < -0.4 is 10.6 Å². The van der Waals surface area contributed by atoms with Crippen molar-refractivity contribution in [3.63, 3.8) is 0 Å². The average molecular weight is 292 g/mol. The zero-order chi connectivity index (χ0) is 15.4. The van der Waals surface area contributed by atoms with Crippen LogP contribution in [0.3, 0.4) is 0 Å². The highest BCUT2D eigenvalue weighted by Crippen LogP contribution is 2.29. The number of rotatable bonds is 5. The van der Waals surface area contributed by atoms with Gasteiger partial charge in [-0.3, -0.25) is 9.59 Å². The van der Waals surface area contributed by atoms with Gasteiger partial charge in [0.15, 0.2) is 5.78 Å². The second-order valence-electron chi connectivity index (χ2n) is 5.65. The minimum absolute atomic E-state index is 0.160. The van der Waals surface area contributed by atoms with Crippen LogP contribution in [-0.2, 0) is 4.79 Å². The number of nitrogens with two attached hydrogens (primary N) is 1. The van der Waals surface area contributed by atoms with Gasteiger partial charge >= 0.3 is 0 Å². The van der Waals surface area contributed by atoms with Crippen molar-refractivity contribution >= 4 is 17.4 Å². The van der Waals surface area contributed by atoms with Gasteiger partial charge in [0.2, 0.25) is 5.91 Å². The molecule has 0 radical (unpaired) electrons. The number of anilines is 1. The summed E-state index contributed by atoms with van der Waals surface area (Å²) >= 11 is 0. The van der Waals surface area contributed by atoms with Gasteiger partial charge in [0.25, 0.3) is 0 Å². The first kappa shape index (κ1) is 15.5. The van der Waals surface area contributed by atoms with Gasteiger partial charge in [-0.05, 0) is 44.2 Å². The zero-order valence-corrected chi connectivity index (χ0v) is 12.3. The van der Waals surface area contributed by atoms with Crippen LogP contribution in [0.25, 0.3) is 0 Å². The lowest BCUT2D eigenvalue weighted by atomic mass is 9.92. The fourth-order valence-electron chi connectivity index (χ4n) is 2.99. The molecule has 5 heteroatoms. The van der Waals surface area contributed by atoms with E-state index in [2.05, 4.69) is 4.90 Å². The molecule has 1 aliphatic rings. The summed E-state index contributed by atoms with van der Waals surface area (Å²) in [5.74, 6) is -0.668. The molecule has 0 aliphatic carbocycles. The van der Waals surface area contributed by atoms with Crippen LogP contribution in [0.4, 0.5) is 10.1 Å². The molecule has 0 saturated carbocycles. The van der Waals surface area contributed by atoms with Gasteiger partial charge in [-0.15, -0.1) is 0 Å². The molecule has 1 fully saturated rings. The molecule has 0 spiro atoms. The summed E-state index contributed by atoms with van der Waals surface area (Å²) in [4.78, 5) is 24.6. The number of halogens is 1. The third-order valence-electron chi connectivity index (χ3n) is 4.00. The summed E-state index contributed by atoms with van der Waals surface area (Å²) in [5.41, 5.74) is 6.01. The molecule has 1 saturated heterocycles. The van der Waals surface area contributed by atoms with Gasteiger partial charge in [0, 0.05) is 19.5 Å². The van der Waals surface area contributed by atoms with Gasteiger partial charge < -0.3 is 10.6 Å². The number of piperidine rings is 1. The van der Waals surface area contributed by atoms with Crippen molar-refractivity contribution in [1.82, 2.24) is 0 Å². The smallest absolute Gasteiger partial charge is 0.217 e. The summed E-state index contributed by atoms with van der Waals surface area (Å²) < 4.78 is 13.9. The molecule has 1 unspecified atom stereocenters. The number of hydrogen-bond acceptors (Lipinski definition) is 3. The van der Waals surface area contributed by atoms with Crippen molar-refractivity contribution in [1.29, 1.82) is 0 Å². The molecule has 114 valence electrons. The number of hydrogen-bond donors (Lipinski definition) is 1. The summed E-state index contributed by atoms with van der Waals surface area (Å²) in [6.07, 6.45) is 3.13. The van der Waals surface area contributed by atoms with Crippen LogP contribution in [0, 0.1) is 11.7 Å². The topological polar surface area (TPSA) is 63.4 Å². The summed E-state index contributed by atoms with van der Waals surface area (Å²) in [6.45, 7) is 2.92. The molecular weight excluding hydrogens is 271 g/mol. The van der Waals surface area contributed by atoms with Crippen LogP contribution in [0.5, 0.6) is 0 Å². The van der Waals surface area contributed by atoms with E-state index >= 15 is 0 Å². The molecule has 2 N–H and O–H groups in total. The van der Waals surface area contributed by atoms with Gasteiger partial charge in [0.1, 0.15) is 5.82 Å². The van der Waals surface area contributed by atoms with E-state index in [-0.39, 0.29) is 17.3 Å². The van der Waals surface area contributed by atoms with Crippen molar-refractivity contribution in [3.8, 4) is 0 Å². The SMILES string of the molecule is CC(=O)c1c(F)cccc1N1CCCC(CCC(N)=O)C1. The van der Waals surface area contributed by atoms with E-state index < -0.39 is 5.82 Å².